The lowest BCUT2D eigenvalue weighted by Gasteiger charge is -2.32. The molecule has 2 aromatic rings. The number of Topliss-reactive ketones (excluding diaryl/α,β-unsaturated/α-hetero) is 1. The molecule has 4 nitrogen and oxygen atoms in total. The smallest absolute Gasteiger partial charge is 0.174 e. The van der Waals surface area contributed by atoms with Gasteiger partial charge in [0.05, 0.1) is 6.42 Å². The molecular formula is C21H25NO3. The third kappa shape index (κ3) is 4.01. The first kappa shape index (κ1) is 17.5. The molecule has 3 rings (SSSR count). The Morgan fingerprint density at radius 2 is 2.00 bits per heavy atom. The van der Waals surface area contributed by atoms with Gasteiger partial charge < -0.3 is 9.84 Å². The molecule has 0 aliphatic carbocycles. The van der Waals surface area contributed by atoms with Crippen molar-refractivity contribution in [1.29, 1.82) is 0 Å². The van der Waals surface area contributed by atoms with Gasteiger partial charge in [0.2, 0.25) is 0 Å². The molecule has 4 heteroatoms. The number of nitrogens with zero attached hydrogens (tertiary/aromatic N) is 1. The van der Waals surface area contributed by atoms with Crippen LogP contribution in [0, 0.1) is 0 Å². The van der Waals surface area contributed by atoms with Gasteiger partial charge in [-0.3, -0.25) is 9.78 Å². The third-order valence-electron chi connectivity index (χ3n) is 4.78. The van der Waals surface area contributed by atoms with Gasteiger partial charge in [-0.2, -0.15) is 0 Å². The number of carbonyl (C=O) groups excluding carboxylic acids is 1. The lowest BCUT2D eigenvalue weighted by atomic mass is 9.88. The molecule has 0 amide bonds. The highest BCUT2D eigenvalue weighted by Gasteiger charge is 2.34. The predicted molar refractivity (Wildman–Crippen MR) is 97.4 cm³/mol. The van der Waals surface area contributed by atoms with Gasteiger partial charge in [-0.1, -0.05) is 6.92 Å². The molecular weight excluding hydrogens is 314 g/mol. The van der Waals surface area contributed by atoms with E-state index in [2.05, 4.69) is 11.9 Å². The van der Waals surface area contributed by atoms with E-state index < -0.39 is 5.60 Å². The van der Waals surface area contributed by atoms with E-state index in [0.717, 1.165) is 24.8 Å². The number of phenols is 1. The topological polar surface area (TPSA) is 59.4 Å². The van der Waals surface area contributed by atoms with E-state index in [1.807, 2.05) is 44.4 Å². The molecule has 1 N–H and O–H groups in total. The highest BCUT2D eigenvalue weighted by molar-refractivity contribution is 6.02. The number of pyridine rings is 1. The fraction of sp³-hybridized carbons (Fsp3) is 0.429. The number of phenolic OH excluding ortho intramolecular Hbond substituents is 1. The number of carbonyl (C=O) groups is 1. The van der Waals surface area contributed by atoms with E-state index in [-0.39, 0.29) is 23.9 Å². The molecule has 1 unspecified atom stereocenters. The maximum Gasteiger partial charge on any atom is 0.174 e. The summed E-state index contributed by atoms with van der Waals surface area (Å²) in [5.41, 5.74) is 2.09. The van der Waals surface area contributed by atoms with E-state index in [9.17, 15) is 9.90 Å². The van der Waals surface area contributed by atoms with Crippen molar-refractivity contribution < 1.29 is 14.6 Å². The van der Waals surface area contributed by atoms with Crippen molar-refractivity contribution in [2.75, 3.05) is 0 Å². The van der Waals surface area contributed by atoms with Crippen LogP contribution in [0.15, 0.2) is 36.7 Å². The molecule has 0 saturated heterocycles. The standard InChI is InChI=1S/C21H25NO3/c1-14(5-4-6-15-7-9-22-10-8-15)16-11-17(23)20-18(24)13-21(2,3)25-19(20)12-16/h7-12,14,23H,4-6,13H2,1-3H3. The maximum atomic E-state index is 12.3. The van der Waals surface area contributed by atoms with Crippen molar-refractivity contribution >= 4 is 5.78 Å². The molecule has 1 aromatic heterocycles. The zero-order chi connectivity index (χ0) is 18.0. The summed E-state index contributed by atoms with van der Waals surface area (Å²) in [6.07, 6.45) is 6.97. The van der Waals surface area contributed by atoms with Gasteiger partial charge in [-0.25, -0.2) is 0 Å². The quantitative estimate of drug-likeness (QED) is 0.861. The van der Waals surface area contributed by atoms with Crippen molar-refractivity contribution in [2.24, 2.45) is 0 Å². The molecule has 0 spiro atoms. The van der Waals surface area contributed by atoms with Crippen molar-refractivity contribution in [1.82, 2.24) is 4.98 Å². The number of rotatable bonds is 5. The number of ketones is 1. The maximum absolute atomic E-state index is 12.3. The summed E-state index contributed by atoms with van der Waals surface area (Å²) in [5.74, 6) is 0.772. The van der Waals surface area contributed by atoms with Gasteiger partial charge in [0, 0.05) is 12.4 Å². The number of aromatic hydroxyl groups is 1. The van der Waals surface area contributed by atoms with Gasteiger partial charge in [-0.05, 0) is 74.4 Å². The monoisotopic (exact) mass is 339 g/mol. The van der Waals surface area contributed by atoms with Crippen molar-refractivity contribution in [3.8, 4) is 11.5 Å². The van der Waals surface area contributed by atoms with E-state index >= 15 is 0 Å². The number of aromatic nitrogens is 1. The van der Waals surface area contributed by atoms with Crippen LogP contribution >= 0.6 is 0 Å². The van der Waals surface area contributed by atoms with Gasteiger partial charge >= 0.3 is 0 Å². The molecule has 25 heavy (non-hydrogen) atoms. The molecule has 0 saturated carbocycles. The van der Waals surface area contributed by atoms with E-state index in [1.54, 1.807) is 6.07 Å². The second kappa shape index (κ2) is 6.87. The summed E-state index contributed by atoms with van der Waals surface area (Å²) in [5, 5.41) is 10.3. The number of ether oxygens (including phenoxy) is 1. The second-order valence-corrected chi connectivity index (χ2v) is 7.52. The first-order chi connectivity index (χ1) is 11.9. The zero-order valence-corrected chi connectivity index (χ0v) is 15.1. The van der Waals surface area contributed by atoms with Crippen LogP contribution in [0.1, 0.15) is 67.4 Å². The molecule has 132 valence electrons. The summed E-state index contributed by atoms with van der Waals surface area (Å²) in [6.45, 7) is 5.94. The summed E-state index contributed by atoms with van der Waals surface area (Å²) < 4.78 is 5.95. The Hall–Kier alpha value is -2.36. The van der Waals surface area contributed by atoms with Crippen molar-refractivity contribution in [3.63, 3.8) is 0 Å². The van der Waals surface area contributed by atoms with Crippen LogP contribution in [0.3, 0.4) is 0 Å². The highest BCUT2D eigenvalue weighted by atomic mass is 16.5. The first-order valence-corrected chi connectivity index (χ1v) is 8.84. The Morgan fingerprint density at radius 3 is 2.72 bits per heavy atom. The van der Waals surface area contributed by atoms with Crippen LogP contribution in [0.2, 0.25) is 0 Å². The highest BCUT2D eigenvalue weighted by Crippen LogP contribution is 2.40. The Bertz CT molecular complexity index is 768. The number of hydrogen-bond acceptors (Lipinski definition) is 4. The van der Waals surface area contributed by atoms with Gasteiger partial charge in [0.1, 0.15) is 22.7 Å². The molecule has 1 aliphatic rings. The molecule has 2 heterocycles. The lowest BCUT2D eigenvalue weighted by molar-refractivity contribution is 0.0613. The first-order valence-electron chi connectivity index (χ1n) is 8.84. The van der Waals surface area contributed by atoms with Crippen LogP contribution in [-0.4, -0.2) is 21.5 Å². The minimum atomic E-state index is -0.528. The normalized spacial score (nSPS) is 16.8. The van der Waals surface area contributed by atoms with Crippen LogP contribution in [0.25, 0.3) is 0 Å². The number of hydrogen-bond donors (Lipinski definition) is 1. The number of benzene rings is 1. The SMILES string of the molecule is CC(CCCc1ccncc1)c1cc(O)c2c(c1)OC(C)(C)CC2=O. The molecule has 1 aromatic carbocycles. The minimum Gasteiger partial charge on any atom is -0.507 e. The van der Waals surface area contributed by atoms with Crippen LogP contribution in [0.5, 0.6) is 11.5 Å². The predicted octanol–water partition coefficient (Wildman–Crippen LogP) is 4.66. The molecule has 0 radical (unpaired) electrons. The molecule has 1 atom stereocenters. The van der Waals surface area contributed by atoms with E-state index in [1.165, 1.54) is 5.56 Å². The Kier molecular flexibility index (Phi) is 4.80. The van der Waals surface area contributed by atoms with Crippen molar-refractivity contribution in [3.05, 3.63) is 53.3 Å². The average molecular weight is 339 g/mol. The van der Waals surface area contributed by atoms with Crippen molar-refractivity contribution in [2.45, 2.75) is 58.0 Å². The summed E-state index contributed by atoms with van der Waals surface area (Å²) in [7, 11) is 0. The zero-order valence-electron chi connectivity index (χ0n) is 15.1. The summed E-state index contributed by atoms with van der Waals surface area (Å²) >= 11 is 0. The van der Waals surface area contributed by atoms with Crippen LogP contribution in [-0.2, 0) is 6.42 Å². The second-order valence-electron chi connectivity index (χ2n) is 7.52. The van der Waals surface area contributed by atoms with Gasteiger partial charge in [-0.15, -0.1) is 0 Å². The molecule has 1 aliphatic heterocycles. The number of fused-ring (bicyclic) bond motifs is 1. The Morgan fingerprint density at radius 1 is 1.28 bits per heavy atom. The van der Waals surface area contributed by atoms with Crippen LogP contribution in [0.4, 0.5) is 0 Å². The average Bonchev–Trinajstić information content (AvgIpc) is 2.53. The summed E-state index contributed by atoms with van der Waals surface area (Å²) in [4.78, 5) is 16.3. The van der Waals surface area contributed by atoms with Gasteiger partial charge in [0.15, 0.2) is 5.78 Å². The van der Waals surface area contributed by atoms with E-state index in [4.69, 9.17) is 4.74 Å². The third-order valence-corrected chi connectivity index (χ3v) is 4.78. The van der Waals surface area contributed by atoms with Gasteiger partial charge in [0.25, 0.3) is 0 Å². The summed E-state index contributed by atoms with van der Waals surface area (Å²) in [6, 6.07) is 7.72. The largest absolute Gasteiger partial charge is 0.507 e. The minimum absolute atomic E-state index is 0.0361. The fourth-order valence-electron chi connectivity index (χ4n) is 3.40. The van der Waals surface area contributed by atoms with Crippen LogP contribution < -0.4 is 4.74 Å². The Balaban J connectivity index is 1.72. The molecule has 0 fully saturated rings. The van der Waals surface area contributed by atoms with E-state index in [0.29, 0.717) is 11.3 Å². The molecule has 0 bridgehead atoms. The number of aryl methyl sites for hydroxylation is 1. The lowest BCUT2D eigenvalue weighted by Crippen LogP contribution is -2.36. The fourth-order valence-corrected chi connectivity index (χ4v) is 3.40. The Labute approximate surface area is 148 Å².